The van der Waals surface area contributed by atoms with Gasteiger partial charge >= 0.3 is 12.1 Å². The molecule has 0 radical (unpaired) electrons. The molecule has 0 aromatic carbocycles. The largest absolute Gasteiger partial charge is 0.466 e. The van der Waals surface area contributed by atoms with Gasteiger partial charge in [0.1, 0.15) is 5.60 Å². The molecule has 0 aromatic heterocycles. The monoisotopic (exact) mass is 287 g/mol. The van der Waals surface area contributed by atoms with Crippen molar-refractivity contribution in [1.82, 2.24) is 5.32 Å². The van der Waals surface area contributed by atoms with E-state index in [0.717, 1.165) is 0 Å². The normalized spacial score (nSPS) is 26.8. The molecule has 6 heteroatoms. The summed E-state index contributed by atoms with van der Waals surface area (Å²) in [6, 6.07) is -0.354. The Hall–Kier alpha value is -1.30. The Balaban J connectivity index is 2.64. The molecule has 0 aliphatic heterocycles. The summed E-state index contributed by atoms with van der Waals surface area (Å²) in [5.41, 5.74) is -0.586. The molecule has 1 rings (SSSR count). The number of hydrogen-bond donors (Lipinski definition) is 2. The van der Waals surface area contributed by atoms with E-state index >= 15 is 0 Å². The SMILES string of the molecule is CCOC(=O)[C@H]1C[C@H](O)CC[C@@H]1NC(=O)OC(C)(C)C. The van der Waals surface area contributed by atoms with Crippen LogP contribution in [0.1, 0.15) is 47.0 Å². The summed E-state index contributed by atoms with van der Waals surface area (Å²) in [4.78, 5) is 23.7. The van der Waals surface area contributed by atoms with Gasteiger partial charge in [-0.15, -0.1) is 0 Å². The highest BCUT2D eigenvalue weighted by molar-refractivity contribution is 5.75. The van der Waals surface area contributed by atoms with E-state index in [1.807, 2.05) is 0 Å². The lowest BCUT2D eigenvalue weighted by atomic mass is 9.83. The molecule has 0 aromatic rings. The van der Waals surface area contributed by atoms with Crippen molar-refractivity contribution in [2.24, 2.45) is 5.92 Å². The highest BCUT2D eigenvalue weighted by Crippen LogP contribution is 2.26. The molecule has 0 saturated heterocycles. The second-order valence-corrected chi connectivity index (χ2v) is 6.08. The zero-order valence-electron chi connectivity index (χ0n) is 12.6. The Morgan fingerprint density at radius 1 is 1.30 bits per heavy atom. The maximum atomic E-state index is 11.9. The van der Waals surface area contributed by atoms with E-state index in [2.05, 4.69) is 5.32 Å². The molecule has 1 aliphatic carbocycles. The number of carbonyl (C=O) groups excluding carboxylic acids is 2. The maximum Gasteiger partial charge on any atom is 0.407 e. The summed E-state index contributed by atoms with van der Waals surface area (Å²) >= 11 is 0. The molecule has 0 bridgehead atoms. The van der Waals surface area contributed by atoms with Crippen LogP contribution >= 0.6 is 0 Å². The number of alkyl carbamates (subject to hydrolysis) is 1. The van der Waals surface area contributed by atoms with E-state index in [0.29, 0.717) is 19.3 Å². The van der Waals surface area contributed by atoms with Crippen molar-refractivity contribution in [3.8, 4) is 0 Å². The number of carbonyl (C=O) groups is 2. The number of rotatable bonds is 3. The molecule has 2 N–H and O–H groups in total. The lowest BCUT2D eigenvalue weighted by Gasteiger charge is -2.33. The Morgan fingerprint density at radius 2 is 1.95 bits per heavy atom. The maximum absolute atomic E-state index is 11.9. The van der Waals surface area contributed by atoms with Crippen LogP contribution in [0.15, 0.2) is 0 Å². The number of ether oxygens (including phenoxy) is 2. The molecule has 0 unspecified atom stereocenters. The van der Waals surface area contributed by atoms with Crippen LogP contribution in [0.25, 0.3) is 0 Å². The molecule has 1 saturated carbocycles. The van der Waals surface area contributed by atoms with Gasteiger partial charge in [0.05, 0.1) is 18.6 Å². The zero-order chi connectivity index (χ0) is 15.3. The third-order valence-electron chi connectivity index (χ3n) is 3.11. The van der Waals surface area contributed by atoms with E-state index in [1.54, 1.807) is 27.7 Å². The number of aliphatic hydroxyl groups excluding tert-OH is 1. The van der Waals surface area contributed by atoms with Crippen molar-refractivity contribution in [2.75, 3.05) is 6.61 Å². The topological polar surface area (TPSA) is 84.9 Å². The first-order valence-corrected chi connectivity index (χ1v) is 7.07. The predicted molar refractivity (Wildman–Crippen MR) is 73.1 cm³/mol. The lowest BCUT2D eigenvalue weighted by molar-refractivity contribution is -0.151. The van der Waals surface area contributed by atoms with Gasteiger partial charge in [0.25, 0.3) is 0 Å². The third-order valence-corrected chi connectivity index (χ3v) is 3.11. The predicted octanol–water partition coefficient (Wildman–Crippen LogP) is 1.60. The minimum absolute atomic E-state index is 0.282. The standard InChI is InChI=1S/C14H25NO5/c1-5-19-12(17)10-8-9(16)6-7-11(10)15-13(18)20-14(2,3)4/h9-11,16H,5-8H2,1-4H3,(H,15,18)/t9-,10+,11+/m1/s1. The van der Waals surface area contributed by atoms with Crippen LogP contribution in [0, 0.1) is 5.92 Å². The fourth-order valence-electron chi connectivity index (χ4n) is 2.29. The van der Waals surface area contributed by atoms with Gasteiger partial charge in [0, 0.05) is 6.04 Å². The smallest absolute Gasteiger partial charge is 0.407 e. The first-order valence-electron chi connectivity index (χ1n) is 7.07. The summed E-state index contributed by atoms with van der Waals surface area (Å²) in [7, 11) is 0. The highest BCUT2D eigenvalue weighted by Gasteiger charge is 2.37. The van der Waals surface area contributed by atoms with Crippen LogP contribution < -0.4 is 5.32 Å². The van der Waals surface area contributed by atoms with Crippen LogP contribution in [0.5, 0.6) is 0 Å². The molecule has 0 spiro atoms. The summed E-state index contributed by atoms with van der Waals surface area (Å²) in [6.07, 6.45) is 0.314. The first kappa shape index (κ1) is 16.8. The second-order valence-electron chi connectivity index (χ2n) is 6.08. The Labute approximate surface area is 119 Å². The van der Waals surface area contributed by atoms with E-state index < -0.39 is 23.7 Å². The number of aliphatic hydroxyl groups is 1. The van der Waals surface area contributed by atoms with E-state index in [4.69, 9.17) is 9.47 Å². The van der Waals surface area contributed by atoms with Crippen LogP contribution in [0.4, 0.5) is 4.79 Å². The number of hydrogen-bond acceptors (Lipinski definition) is 5. The molecule has 6 nitrogen and oxygen atoms in total. The zero-order valence-corrected chi connectivity index (χ0v) is 12.6. The van der Waals surface area contributed by atoms with E-state index in [-0.39, 0.29) is 18.6 Å². The van der Waals surface area contributed by atoms with E-state index in [9.17, 15) is 14.7 Å². The third kappa shape index (κ3) is 5.36. The fourth-order valence-corrected chi connectivity index (χ4v) is 2.29. The Morgan fingerprint density at radius 3 is 2.50 bits per heavy atom. The van der Waals surface area contributed by atoms with Gasteiger partial charge in [-0.2, -0.15) is 0 Å². The number of nitrogens with one attached hydrogen (secondary N) is 1. The molecule has 1 fully saturated rings. The molecule has 1 aliphatic rings. The van der Waals surface area contributed by atoms with Crippen molar-refractivity contribution >= 4 is 12.1 Å². The molecule has 1 amide bonds. The fraction of sp³-hybridized carbons (Fsp3) is 0.857. The summed E-state index contributed by atoms with van der Waals surface area (Å²) in [5.74, 6) is -0.904. The van der Waals surface area contributed by atoms with Crippen LogP contribution in [-0.2, 0) is 14.3 Å². The average Bonchev–Trinajstić information content (AvgIpc) is 2.29. The van der Waals surface area contributed by atoms with Gasteiger partial charge in [-0.05, 0) is 47.0 Å². The lowest BCUT2D eigenvalue weighted by Crippen LogP contribution is -2.49. The molecule has 20 heavy (non-hydrogen) atoms. The van der Waals surface area contributed by atoms with Crippen molar-refractivity contribution in [2.45, 2.75) is 64.7 Å². The summed E-state index contributed by atoms with van der Waals surface area (Å²) < 4.78 is 10.2. The van der Waals surface area contributed by atoms with Crippen LogP contribution in [0.3, 0.4) is 0 Å². The van der Waals surface area contributed by atoms with Gasteiger partial charge in [0.2, 0.25) is 0 Å². The van der Waals surface area contributed by atoms with Gasteiger partial charge in [-0.1, -0.05) is 0 Å². The Kier molecular flexibility index (Phi) is 5.80. The minimum atomic E-state index is -0.586. The van der Waals surface area contributed by atoms with Crippen molar-refractivity contribution in [3.05, 3.63) is 0 Å². The van der Waals surface area contributed by atoms with Crippen molar-refractivity contribution < 1.29 is 24.2 Å². The second kappa shape index (κ2) is 6.92. The molecule has 0 heterocycles. The molecular formula is C14H25NO5. The summed E-state index contributed by atoms with van der Waals surface area (Å²) in [5, 5.41) is 12.4. The Bertz CT molecular complexity index is 350. The van der Waals surface area contributed by atoms with E-state index in [1.165, 1.54) is 0 Å². The van der Waals surface area contributed by atoms with Gasteiger partial charge < -0.3 is 19.9 Å². The molecule has 116 valence electrons. The molecular weight excluding hydrogens is 262 g/mol. The quantitative estimate of drug-likeness (QED) is 0.770. The average molecular weight is 287 g/mol. The highest BCUT2D eigenvalue weighted by atomic mass is 16.6. The van der Waals surface area contributed by atoms with Crippen molar-refractivity contribution in [3.63, 3.8) is 0 Å². The van der Waals surface area contributed by atoms with Gasteiger partial charge in [0.15, 0.2) is 0 Å². The van der Waals surface area contributed by atoms with Gasteiger partial charge in [-0.25, -0.2) is 4.79 Å². The van der Waals surface area contributed by atoms with Crippen LogP contribution in [-0.4, -0.2) is 41.5 Å². The van der Waals surface area contributed by atoms with Gasteiger partial charge in [-0.3, -0.25) is 4.79 Å². The summed E-state index contributed by atoms with van der Waals surface area (Å²) in [6.45, 7) is 7.35. The van der Waals surface area contributed by atoms with Crippen molar-refractivity contribution in [1.29, 1.82) is 0 Å². The number of esters is 1. The molecule has 3 atom stereocenters. The van der Waals surface area contributed by atoms with Crippen LogP contribution in [0.2, 0.25) is 0 Å². The first-order chi connectivity index (χ1) is 9.23. The minimum Gasteiger partial charge on any atom is -0.466 e. The number of amides is 1.